The highest BCUT2D eigenvalue weighted by Crippen LogP contribution is 2.65. The van der Waals surface area contributed by atoms with Crippen LogP contribution in [0.2, 0.25) is 0 Å². The van der Waals surface area contributed by atoms with E-state index >= 15 is 0 Å². The van der Waals surface area contributed by atoms with Crippen LogP contribution in [-0.4, -0.2) is 5.78 Å². The zero-order chi connectivity index (χ0) is 14.8. The molecule has 0 heterocycles. The Kier molecular flexibility index (Phi) is 2.59. The summed E-state index contributed by atoms with van der Waals surface area (Å²) >= 11 is 0. The third-order valence-electron chi connectivity index (χ3n) is 6.49. The molecule has 0 aliphatic heterocycles. The van der Waals surface area contributed by atoms with Gasteiger partial charge in [0.25, 0.3) is 0 Å². The van der Waals surface area contributed by atoms with E-state index in [1.165, 1.54) is 28.7 Å². The number of ketones is 1. The maximum absolute atomic E-state index is 12.6. The van der Waals surface area contributed by atoms with E-state index in [2.05, 4.69) is 39.0 Å². The van der Waals surface area contributed by atoms with Crippen molar-refractivity contribution in [2.45, 2.75) is 64.2 Å². The maximum atomic E-state index is 12.6. The maximum Gasteiger partial charge on any atom is 0.162 e. The summed E-state index contributed by atoms with van der Waals surface area (Å²) in [4.78, 5) is 12.6. The molecule has 0 amide bonds. The molecule has 2 atom stereocenters. The van der Waals surface area contributed by atoms with E-state index in [1.807, 2.05) is 6.08 Å². The van der Waals surface area contributed by atoms with Gasteiger partial charge in [-0.3, -0.25) is 4.79 Å². The highest BCUT2D eigenvalue weighted by atomic mass is 16.1. The van der Waals surface area contributed by atoms with Crippen molar-refractivity contribution in [1.82, 2.24) is 0 Å². The van der Waals surface area contributed by atoms with E-state index in [4.69, 9.17) is 0 Å². The molecular formula is C20H24O. The predicted octanol–water partition coefficient (Wildman–Crippen LogP) is 4.69. The van der Waals surface area contributed by atoms with Crippen LogP contribution >= 0.6 is 0 Å². The molecule has 1 aromatic rings. The van der Waals surface area contributed by atoms with Crippen LogP contribution in [0.1, 0.15) is 69.1 Å². The average molecular weight is 280 g/mol. The average Bonchev–Trinajstić information content (AvgIpc) is 2.90. The number of hydrogen-bond acceptors (Lipinski definition) is 1. The van der Waals surface area contributed by atoms with Crippen LogP contribution in [0.4, 0.5) is 0 Å². The first-order chi connectivity index (χ1) is 9.99. The fourth-order valence-electron chi connectivity index (χ4n) is 5.24. The normalized spacial score (nSPS) is 33.7. The second kappa shape index (κ2) is 4.09. The smallest absolute Gasteiger partial charge is 0.162 e. The number of hydrogen-bond donors (Lipinski definition) is 0. The fraction of sp³-hybridized carbons (Fsp3) is 0.550. The number of allylic oxidation sites excluding steroid dienone is 2. The summed E-state index contributed by atoms with van der Waals surface area (Å²) in [5.41, 5.74) is 5.69. The Bertz CT molecular complexity index is 666. The molecule has 0 bridgehead atoms. The molecule has 0 aromatic heterocycles. The molecule has 4 rings (SSSR count). The molecule has 1 nitrogen and oxygen atoms in total. The lowest BCUT2D eigenvalue weighted by Crippen LogP contribution is -2.43. The van der Waals surface area contributed by atoms with Crippen molar-refractivity contribution >= 4 is 5.78 Å². The lowest BCUT2D eigenvalue weighted by Gasteiger charge is -2.44. The largest absolute Gasteiger partial charge is 0.294 e. The fourth-order valence-corrected chi connectivity index (χ4v) is 5.24. The van der Waals surface area contributed by atoms with Gasteiger partial charge in [-0.05, 0) is 54.4 Å². The first kappa shape index (κ1) is 13.3. The van der Waals surface area contributed by atoms with Gasteiger partial charge < -0.3 is 0 Å². The van der Waals surface area contributed by atoms with E-state index < -0.39 is 0 Å². The molecule has 1 saturated carbocycles. The molecule has 21 heavy (non-hydrogen) atoms. The molecule has 1 aromatic carbocycles. The first-order valence-corrected chi connectivity index (χ1v) is 8.38. The summed E-state index contributed by atoms with van der Waals surface area (Å²) in [7, 11) is 0. The van der Waals surface area contributed by atoms with Crippen molar-refractivity contribution in [2.24, 2.45) is 5.41 Å². The molecule has 0 unspecified atom stereocenters. The number of fused-ring (bicyclic) bond motifs is 1. The van der Waals surface area contributed by atoms with Gasteiger partial charge in [-0.25, -0.2) is 0 Å². The van der Waals surface area contributed by atoms with Crippen molar-refractivity contribution in [3.05, 3.63) is 46.5 Å². The number of carbonyl (C=O) groups excluding carboxylic acids is 1. The molecule has 0 saturated heterocycles. The van der Waals surface area contributed by atoms with Gasteiger partial charge in [-0.15, -0.1) is 0 Å². The van der Waals surface area contributed by atoms with Crippen LogP contribution in [0.3, 0.4) is 0 Å². The third-order valence-corrected chi connectivity index (χ3v) is 6.49. The zero-order valence-electron chi connectivity index (χ0n) is 13.3. The van der Waals surface area contributed by atoms with Crippen molar-refractivity contribution < 1.29 is 4.79 Å². The van der Waals surface area contributed by atoms with Crippen molar-refractivity contribution in [2.75, 3.05) is 0 Å². The topological polar surface area (TPSA) is 17.1 Å². The Morgan fingerprint density at radius 1 is 1.14 bits per heavy atom. The summed E-state index contributed by atoms with van der Waals surface area (Å²) in [5.74, 6) is 0.959. The van der Waals surface area contributed by atoms with E-state index in [0.29, 0.717) is 11.7 Å². The van der Waals surface area contributed by atoms with Gasteiger partial charge in [-0.2, -0.15) is 0 Å². The number of benzene rings is 1. The van der Waals surface area contributed by atoms with Crippen molar-refractivity contribution in [3.8, 4) is 0 Å². The molecule has 3 aliphatic carbocycles. The highest BCUT2D eigenvalue weighted by Gasteiger charge is 2.62. The van der Waals surface area contributed by atoms with Gasteiger partial charge in [0.05, 0.1) is 0 Å². The minimum absolute atomic E-state index is 0.0349. The third kappa shape index (κ3) is 1.45. The lowest BCUT2D eigenvalue weighted by molar-refractivity contribution is -0.123. The molecule has 0 radical (unpaired) electrons. The molecule has 0 N–H and O–H groups in total. The monoisotopic (exact) mass is 280 g/mol. The Labute approximate surface area is 127 Å². The van der Waals surface area contributed by atoms with Gasteiger partial charge in [0, 0.05) is 10.8 Å². The molecule has 1 fully saturated rings. The molecule has 3 aliphatic rings. The van der Waals surface area contributed by atoms with Gasteiger partial charge in [-0.1, -0.05) is 51.0 Å². The Hall–Kier alpha value is -1.37. The van der Waals surface area contributed by atoms with E-state index in [9.17, 15) is 4.79 Å². The van der Waals surface area contributed by atoms with Crippen molar-refractivity contribution in [3.63, 3.8) is 0 Å². The van der Waals surface area contributed by atoms with Gasteiger partial charge >= 0.3 is 0 Å². The minimum atomic E-state index is -0.170. The van der Waals surface area contributed by atoms with Gasteiger partial charge in [0.1, 0.15) is 0 Å². The summed E-state index contributed by atoms with van der Waals surface area (Å²) in [5, 5.41) is 0. The number of rotatable bonds is 1. The lowest BCUT2D eigenvalue weighted by atomic mass is 9.58. The van der Waals surface area contributed by atoms with E-state index in [0.717, 1.165) is 25.7 Å². The van der Waals surface area contributed by atoms with Gasteiger partial charge in [0.2, 0.25) is 0 Å². The number of aryl methyl sites for hydroxylation is 1. The molecule has 110 valence electrons. The van der Waals surface area contributed by atoms with Crippen LogP contribution in [-0.2, 0) is 16.6 Å². The Balaban J connectivity index is 1.94. The van der Waals surface area contributed by atoms with Gasteiger partial charge in [0.15, 0.2) is 5.78 Å². The predicted molar refractivity (Wildman–Crippen MR) is 85.6 cm³/mol. The van der Waals surface area contributed by atoms with Crippen LogP contribution < -0.4 is 0 Å². The summed E-state index contributed by atoms with van der Waals surface area (Å²) < 4.78 is 0. The van der Waals surface area contributed by atoms with Crippen LogP contribution in [0.5, 0.6) is 0 Å². The van der Waals surface area contributed by atoms with Crippen LogP contribution in [0.15, 0.2) is 29.8 Å². The SMILES string of the molecule is CC(C)c1ccc2c(c1)CCC1=CC(=O)[C@@]3(C)CCC[C@]123. The quantitative estimate of drug-likeness (QED) is 0.729. The molecule has 1 heteroatoms. The second-order valence-electron chi connectivity index (χ2n) is 7.70. The van der Waals surface area contributed by atoms with E-state index in [1.54, 1.807) is 0 Å². The first-order valence-electron chi connectivity index (χ1n) is 8.38. The second-order valence-corrected chi connectivity index (χ2v) is 7.70. The molecular weight excluding hydrogens is 256 g/mol. The Morgan fingerprint density at radius 2 is 1.95 bits per heavy atom. The summed E-state index contributed by atoms with van der Waals surface area (Å²) in [6, 6.07) is 7.05. The minimum Gasteiger partial charge on any atom is -0.294 e. The van der Waals surface area contributed by atoms with E-state index in [-0.39, 0.29) is 10.8 Å². The highest BCUT2D eigenvalue weighted by molar-refractivity contribution is 6.01. The Morgan fingerprint density at radius 3 is 2.71 bits per heavy atom. The summed E-state index contributed by atoms with van der Waals surface area (Å²) in [6.07, 6.45) is 7.58. The number of carbonyl (C=O) groups is 1. The van der Waals surface area contributed by atoms with Crippen LogP contribution in [0.25, 0.3) is 0 Å². The standard InChI is InChI=1S/C20H24O/c1-13(2)14-6-8-17-15(11-14)5-7-16-12-18(21)19(3)9-4-10-20(16,17)19/h6,8,11-13H,4-5,7,9-10H2,1-3H3/t19-,20+/m1/s1. The molecule has 1 spiro atoms. The summed E-state index contributed by atoms with van der Waals surface area (Å²) in [6.45, 7) is 6.73. The zero-order valence-corrected chi connectivity index (χ0v) is 13.3. The van der Waals surface area contributed by atoms with Crippen molar-refractivity contribution in [1.29, 1.82) is 0 Å². The van der Waals surface area contributed by atoms with Crippen LogP contribution in [0, 0.1) is 5.41 Å².